The summed E-state index contributed by atoms with van der Waals surface area (Å²) in [5.74, 6) is 0. The molecule has 0 fully saturated rings. The number of hydrogen-bond acceptors (Lipinski definition) is 3. The Hall–Kier alpha value is -1.34. The summed E-state index contributed by atoms with van der Waals surface area (Å²) < 4.78 is 21.9. The highest BCUT2D eigenvalue weighted by molar-refractivity contribution is 7.90. The molecule has 0 aromatic heterocycles. The minimum Gasteiger partial charge on any atom is -0.224 e. The maximum Gasteiger partial charge on any atom is 0.175 e. The van der Waals surface area contributed by atoms with E-state index < -0.39 is 9.84 Å². The van der Waals surface area contributed by atoms with Crippen LogP contribution in [0.1, 0.15) is 19.4 Å². The fraction of sp³-hybridized carbons (Fsp3) is 0.300. The van der Waals surface area contributed by atoms with Gasteiger partial charge in [0.1, 0.15) is 0 Å². The van der Waals surface area contributed by atoms with Gasteiger partial charge in [-0.25, -0.2) is 8.42 Å². The molecule has 0 aliphatic rings. The molecule has 1 aromatic carbocycles. The normalized spacial score (nSPS) is 9.57. The Labute approximate surface area is 84.9 Å². The van der Waals surface area contributed by atoms with Gasteiger partial charge < -0.3 is 0 Å². The molecule has 76 valence electrons. The first kappa shape index (κ1) is 12.7. The Kier molecular flexibility index (Phi) is 4.89. The lowest BCUT2D eigenvalue weighted by Crippen LogP contribution is -1.96. The monoisotopic (exact) mass is 211 g/mol. The van der Waals surface area contributed by atoms with Crippen molar-refractivity contribution in [2.45, 2.75) is 18.7 Å². The average molecular weight is 211 g/mol. The summed E-state index contributed by atoms with van der Waals surface area (Å²) in [5, 5.41) is 8.43. The molecular formula is C10H13NO2S. The van der Waals surface area contributed by atoms with Gasteiger partial charge in [-0.2, -0.15) is 5.26 Å². The van der Waals surface area contributed by atoms with Crippen LogP contribution in [0.3, 0.4) is 0 Å². The molecule has 0 saturated heterocycles. The quantitative estimate of drug-likeness (QED) is 0.713. The van der Waals surface area contributed by atoms with Crippen LogP contribution in [-0.2, 0) is 9.84 Å². The summed E-state index contributed by atoms with van der Waals surface area (Å²) in [7, 11) is -3.14. The SMILES string of the molecule is CC.CS(=O)(=O)c1ccc(C#N)cc1. The van der Waals surface area contributed by atoms with Crippen LogP contribution < -0.4 is 0 Å². The maximum atomic E-state index is 10.9. The van der Waals surface area contributed by atoms with Crippen LogP contribution in [0.4, 0.5) is 0 Å². The number of nitrogens with zero attached hydrogens (tertiary/aromatic N) is 1. The van der Waals surface area contributed by atoms with Crippen molar-refractivity contribution in [1.29, 1.82) is 5.26 Å². The molecule has 0 heterocycles. The predicted octanol–water partition coefficient (Wildman–Crippen LogP) is 1.99. The van der Waals surface area contributed by atoms with Gasteiger partial charge in [-0.15, -0.1) is 0 Å². The van der Waals surface area contributed by atoms with E-state index in [2.05, 4.69) is 0 Å². The highest BCUT2D eigenvalue weighted by Gasteiger charge is 2.05. The first-order valence-corrected chi connectivity index (χ1v) is 6.13. The molecule has 0 bridgehead atoms. The number of hydrogen-bond donors (Lipinski definition) is 0. The molecule has 0 amide bonds. The number of rotatable bonds is 1. The fourth-order valence-electron chi connectivity index (χ4n) is 0.777. The Morgan fingerprint density at radius 2 is 1.57 bits per heavy atom. The minimum absolute atomic E-state index is 0.238. The molecule has 0 aliphatic carbocycles. The van der Waals surface area contributed by atoms with Crippen LogP contribution in [0.5, 0.6) is 0 Å². The van der Waals surface area contributed by atoms with Gasteiger partial charge in [0.05, 0.1) is 16.5 Å². The van der Waals surface area contributed by atoms with Gasteiger partial charge in [0, 0.05) is 6.26 Å². The van der Waals surface area contributed by atoms with Gasteiger partial charge in [-0.05, 0) is 24.3 Å². The predicted molar refractivity (Wildman–Crippen MR) is 55.6 cm³/mol. The summed E-state index contributed by atoms with van der Waals surface area (Å²) in [6.07, 6.45) is 1.13. The highest BCUT2D eigenvalue weighted by atomic mass is 32.2. The molecule has 0 radical (unpaired) electrons. The Balaban J connectivity index is 0.000000791. The maximum absolute atomic E-state index is 10.9. The lowest BCUT2D eigenvalue weighted by molar-refractivity contribution is 0.602. The summed E-state index contributed by atoms with van der Waals surface area (Å²) >= 11 is 0. The molecule has 0 aliphatic heterocycles. The first-order chi connectivity index (χ1) is 6.54. The van der Waals surface area contributed by atoms with E-state index in [1.165, 1.54) is 24.3 Å². The Morgan fingerprint density at radius 3 is 1.86 bits per heavy atom. The second-order valence-electron chi connectivity index (χ2n) is 2.41. The van der Waals surface area contributed by atoms with Crippen molar-refractivity contribution in [1.82, 2.24) is 0 Å². The van der Waals surface area contributed by atoms with Gasteiger partial charge in [-0.3, -0.25) is 0 Å². The number of benzene rings is 1. The van der Waals surface area contributed by atoms with Crippen molar-refractivity contribution in [2.75, 3.05) is 6.26 Å². The van der Waals surface area contributed by atoms with E-state index in [9.17, 15) is 8.42 Å². The standard InChI is InChI=1S/C8H7NO2S.C2H6/c1-12(10,11)8-4-2-7(6-9)3-5-8;1-2/h2-5H,1H3;1-2H3. The zero-order valence-electron chi connectivity index (χ0n) is 8.48. The Morgan fingerprint density at radius 1 is 1.14 bits per heavy atom. The van der Waals surface area contributed by atoms with Gasteiger partial charge in [0.25, 0.3) is 0 Å². The average Bonchev–Trinajstić information content (AvgIpc) is 2.20. The molecular weight excluding hydrogens is 198 g/mol. The van der Waals surface area contributed by atoms with E-state index in [0.29, 0.717) is 5.56 Å². The van der Waals surface area contributed by atoms with Crippen LogP contribution >= 0.6 is 0 Å². The second-order valence-corrected chi connectivity index (χ2v) is 4.42. The number of sulfone groups is 1. The Bertz CT molecular complexity index is 412. The third-order valence-corrected chi connectivity index (χ3v) is 2.54. The van der Waals surface area contributed by atoms with Gasteiger partial charge in [-0.1, -0.05) is 13.8 Å². The van der Waals surface area contributed by atoms with Crippen molar-refractivity contribution in [2.24, 2.45) is 0 Å². The van der Waals surface area contributed by atoms with E-state index >= 15 is 0 Å². The van der Waals surface area contributed by atoms with Crippen LogP contribution in [0.25, 0.3) is 0 Å². The first-order valence-electron chi connectivity index (χ1n) is 4.24. The zero-order chi connectivity index (χ0) is 11.2. The minimum atomic E-state index is -3.14. The third kappa shape index (κ3) is 3.58. The van der Waals surface area contributed by atoms with Gasteiger partial charge in [0.2, 0.25) is 0 Å². The molecule has 14 heavy (non-hydrogen) atoms. The van der Waals surface area contributed by atoms with Crippen molar-refractivity contribution in [3.05, 3.63) is 29.8 Å². The van der Waals surface area contributed by atoms with Crippen molar-refractivity contribution < 1.29 is 8.42 Å². The molecule has 4 heteroatoms. The van der Waals surface area contributed by atoms with Crippen LogP contribution in [0.2, 0.25) is 0 Å². The molecule has 0 saturated carbocycles. The molecule has 0 spiro atoms. The summed E-state index contributed by atoms with van der Waals surface area (Å²) in [5.41, 5.74) is 0.461. The lowest BCUT2D eigenvalue weighted by atomic mass is 10.2. The molecule has 3 nitrogen and oxygen atoms in total. The van der Waals surface area contributed by atoms with Crippen molar-refractivity contribution in [3.63, 3.8) is 0 Å². The van der Waals surface area contributed by atoms with Crippen molar-refractivity contribution >= 4 is 9.84 Å². The van der Waals surface area contributed by atoms with E-state index in [4.69, 9.17) is 5.26 Å². The lowest BCUT2D eigenvalue weighted by Gasteiger charge is -1.95. The van der Waals surface area contributed by atoms with E-state index in [1.807, 2.05) is 19.9 Å². The molecule has 1 aromatic rings. The van der Waals surface area contributed by atoms with Crippen LogP contribution in [0.15, 0.2) is 29.2 Å². The van der Waals surface area contributed by atoms with Gasteiger partial charge in [0.15, 0.2) is 9.84 Å². The van der Waals surface area contributed by atoms with E-state index in [-0.39, 0.29) is 4.90 Å². The second kappa shape index (κ2) is 5.40. The van der Waals surface area contributed by atoms with E-state index in [0.717, 1.165) is 6.26 Å². The molecule has 1 rings (SSSR count). The smallest absolute Gasteiger partial charge is 0.175 e. The summed E-state index contributed by atoms with van der Waals surface area (Å²) in [6, 6.07) is 7.72. The third-order valence-electron chi connectivity index (χ3n) is 1.41. The molecule has 0 atom stereocenters. The number of nitriles is 1. The van der Waals surface area contributed by atoms with Crippen molar-refractivity contribution in [3.8, 4) is 6.07 Å². The van der Waals surface area contributed by atoms with Gasteiger partial charge >= 0.3 is 0 Å². The zero-order valence-corrected chi connectivity index (χ0v) is 9.30. The largest absolute Gasteiger partial charge is 0.224 e. The topological polar surface area (TPSA) is 57.9 Å². The fourth-order valence-corrected chi connectivity index (χ4v) is 1.41. The highest BCUT2D eigenvalue weighted by Crippen LogP contribution is 2.08. The summed E-state index contributed by atoms with van der Waals surface area (Å²) in [4.78, 5) is 0.238. The molecule has 0 N–H and O–H groups in total. The van der Waals surface area contributed by atoms with E-state index in [1.54, 1.807) is 0 Å². The van der Waals surface area contributed by atoms with Crippen LogP contribution in [-0.4, -0.2) is 14.7 Å². The summed E-state index contributed by atoms with van der Waals surface area (Å²) in [6.45, 7) is 4.00. The molecule has 0 unspecified atom stereocenters. The van der Waals surface area contributed by atoms with Crippen LogP contribution in [0, 0.1) is 11.3 Å².